The molecule has 1 atom stereocenters. The van der Waals surface area contributed by atoms with Gasteiger partial charge < -0.3 is 18.0 Å². The summed E-state index contributed by atoms with van der Waals surface area (Å²) in [4.78, 5) is 24.0. The van der Waals surface area contributed by atoms with Gasteiger partial charge in [-0.1, -0.05) is 12.8 Å². The summed E-state index contributed by atoms with van der Waals surface area (Å²) in [6.07, 6.45) is 5.18. The van der Waals surface area contributed by atoms with E-state index in [1.54, 1.807) is 0 Å². The number of esters is 2. The molecule has 0 radical (unpaired) electrons. The van der Waals surface area contributed by atoms with Crippen LogP contribution in [0.25, 0.3) is 0 Å². The fraction of sp³-hybridized carbons (Fsp3) is 0.882. The van der Waals surface area contributed by atoms with Gasteiger partial charge in [0, 0.05) is 25.9 Å². The summed E-state index contributed by atoms with van der Waals surface area (Å²) >= 11 is 0. The highest BCUT2D eigenvalue weighted by Gasteiger charge is 2.63. The summed E-state index contributed by atoms with van der Waals surface area (Å²) < 4.78 is 22.3. The van der Waals surface area contributed by atoms with E-state index < -0.39 is 14.2 Å². The van der Waals surface area contributed by atoms with Crippen LogP contribution in [0.15, 0.2) is 0 Å². The van der Waals surface area contributed by atoms with Crippen LogP contribution in [0.1, 0.15) is 59.3 Å². The molecule has 2 rings (SSSR count). The van der Waals surface area contributed by atoms with Gasteiger partial charge in [-0.25, -0.2) is 0 Å². The third-order valence-electron chi connectivity index (χ3n) is 5.11. The van der Waals surface area contributed by atoms with E-state index in [1.165, 1.54) is 0 Å². The van der Waals surface area contributed by atoms with Crippen molar-refractivity contribution in [3.8, 4) is 0 Å². The number of hydrogen-bond acceptors (Lipinski definition) is 6. The normalized spacial score (nSPS) is 23.2. The second-order valence-electron chi connectivity index (χ2n) is 6.47. The molecule has 2 fully saturated rings. The van der Waals surface area contributed by atoms with Crippen LogP contribution in [0, 0.1) is 11.3 Å². The zero-order chi connectivity index (χ0) is 17.6. The molecule has 1 saturated carbocycles. The second-order valence-corrected chi connectivity index (χ2v) is 9.20. The minimum Gasteiger partial charge on any atom is -0.391 e. The van der Waals surface area contributed by atoms with Crippen molar-refractivity contribution in [3.05, 3.63) is 0 Å². The molecule has 1 aliphatic carbocycles. The van der Waals surface area contributed by atoms with Crippen molar-refractivity contribution >= 4 is 20.7 Å². The summed E-state index contributed by atoms with van der Waals surface area (Å²) in [5.74, 6) is -0.558. The number of carbonyl (C=O) groups excluding carboxylic acids is 2. The second kappa shape index (κ2) is 8.56. The van der Waals surface area contributed by atoms with Crippen LogP contribution in [-0.4, -0.2) is 40.6 Å². The standard InChI is InChI=1S/C17H30O6Si/c1-4-20-24(21-5-2,22-6-3)13-9-11-14-10-7-8-12-17(14)15(18)23-16(17)19/h14H,4-13H2,1-3H3. The van der Waals surface area contributed by atoms with Crippen molar-refractivity contribution < 1.29 is 27.6 Å². The molecule has 24 heavy (non-hydrogen) atoms. The number of hydrogen-bond donors (Lipinski definition) is 0. The topological polar surface area (TPSA) is 71.1 Å². The lowest BCUT2D eigenvalue weighted by atomic mass is 9.62. The largest absolute Gasteiger partial charge is 0.500 e. The maximum absolute atomic E-state index is 12.0. The van der Waals surface area contributed by atoms with E-state index in [-0.39, 0.29) is 17.9 Å². The lowest BCUT2D eigenvalue weighted by Crippen LogP contribution is -2.58. The molecular formula is C17H30O6Si. The van der Waals surface area contributed by atoms with Crippen molar-refractivity contribution in [1.29, 1.82) is 0 Å². The minimum atomic E-state index is -2.65. The molecule has 1 saturated heterocycles. The third-order valence-corrected chi connectivity index (χ3v) is 8.26. The molecule has 7 heteroatoms. The average molecular weight is 359 g/mol. The quantitative estimate of drug-likeness (QED) is 0.339. The highest BCUT2D eigenvalue weighted by atomic mass is 28.4. The van der Waals surface area contributed by atoms with E-state index in [0.717, 1.165) is 38.1 Å². The van der Waals surface area contributed by atoms with Gasteiger partial charge in [-0.15, -0.1) is 0 Å². The fourth-order valence-electron chi connectivity index (χ4n) is 4.04. The predicted octanol–water partition coefficient (Wildman–Crippen LogP) is 3.08. The first-order valence-corrected chi connectivity index (χ1v) is 11.2. The van der Waals surface area contributed by atoms with Crippen LogP contribution in [0.2, 0.25) is 6.04 Å². The summed E-state index contributed by atoms with van der Waals surface area (Å²) in [7, 11) is -2.65. The molecule has 0 N–H and O–H groups in total. The maximum atomic E-state index is 12.0. The zero-order valence-electron chi connectivity index (χ0n) is 15.1. The molecule has 1 spiro atoms. The van der Waals surface area contributed by atoms with Crippen molar-refractivity contribution in [2.75, 3.05) is 19.8 Å². The van der Waals surface area contributed by atoms with Gasteiger partial charge in [0.15, 0.2) is 5.41 Å². The molecule has 138 valence electrons. The number of carbonyl (C=O) groups is 2. The minimum absolute atomic E-state index is 0.0802. The molecule has 2 aliphatic rings. The lowest BCUT2D eigenvalue weighted by molar-refractivity contribution is -0.206. The Bertz CT molecular complexity index is 421. The van der Waals surface area contributed by atoms with Gasteiger partial charge in [-0.2, -0.15) is 0 Å². The summed E-state index contributed by atoms with van der Waals surface area (Å²) in [5, 5.41) is 0. The van der Waals surface area contributed by atoms with Crippen LogP contribution in [0.5, 0.6) is 0 Å². The molecular weight excluding hydrogens is 328 g/mol. The smallest absolute Gasteiger partial charge is 0.391 e. The van der Waals surface area contributed by atoms with Gasteiger partial charge in [-0.3, -0.25) is 9.59 Å². The highest BCUT2D eigenvalue weighted by molar-refractivity contribution is 6.60. The van der Waals surface area contributed by atoms with Crippen LogP contribution in [-0.2, 0) is 27.6 Å². The molecule has 0 amide bonds. The van der Waals surface area contributed by atoms with Crippen LogP contribution in [0.4, 0.5) is 0 Å². The van der Waals surface area contributed by atoms with E-state index in [4.69, 9.17) is 13.3 Å². The van der Waals surface area contributed by atoms with Gasteiger partial charge >= 0.3 is 20.7 Å². The van der Waals surface area contributed by atoms with Gasteiger partial charge in [-0.05, 0) is 52.4 Å². The Morgan fingerprint density at radius 1 is 1.04 bits per heavy atom. The number of cyclic esters (lactones) is 2. The van der Waals surface area contributed by atoms with Crippen LogP contribution >= 0.6 is 0 Å². The molecule has 1 aliphatic heterocycles. The Kier molecular flexibility index (Phi) is 6.97. The molecule has 0 aromatic heterocycles. The molecule has 1 unspecified atom stereocenters. The van der Waals surface area contributed by atoms with Crippen LogP contribution in [0.3, 0.4) is 0 Å². The Morgan fingerprint density at radius 3 is 2.12 bits per heavy atom. The number of rotatable bonds is 10. The van der Waals surface area contributed by atoms with E-state index in [0.29, 0.717) is 26.2 Å². The first kappa shape index (κ1) is 19.6. The lowest BCUT2D eigenvalue weighted by Gasteiger charge is -2.45. The maximum Gasteiger partial charge on any atom is 0.500 e. The molecule has 6 nitrogen and oxygen atoms in total. The SMILES string of the molecule is CCO[Si](CCCC1CCCCC12C(=O)OC2=O)(OCC)OCC. The first-order chi connectivity index (χ1) is 11.5. The van der Waals surface area contributed by atoms with Crippen molar-refractivity contribution in [2.24, 2.45) is 11.3 Å². The van der Waals surface area contributed by atoms with E-state index >= 15 is 0 Å². The average Bonchev–Trinajstić information content (AvgIpc) is 2.56. The Morgan fingerprint density at radius 2 is 1.62 bits per heavy atom. The van der Waals surface area contributed by atoms with Crippen molar-refractivity contribution in [2.45, 2.75) is 65.3 Å². The summed E-state index contributed by atoms with van der Waals surface area (Å²) in [6.45, 7) is 7.51. The van der Waals surface area contributed by atoms with Crippen molar-refractivity contribution in [3.63, 3.8) is 0 Å². The zero-order valence-corrected chi connectivity index (χ0v) is 16.1. The molecule has 0 aromatic carbocycles. The Balaban J connectivity index is 1.97. The molecule has 0 aromatic rings. The van der Waals surface area contributed by atoms with Gasteiger partial charge in [0.1, 0.15) is 0 Å². The summed E-state index contributed by atoms with van der Waals surface area (Å²) in [6, 6.07) is 0.721. The van der Waals surface area contributed by atoms with Gasteiger partial charge in [0.2, 0.25) is 0 Å². The highest BCUT2D eigenvalue weighted by Crippen LogP contribution is 2.50. The summed E-state index contributed by atoms with van der Waals surface area (Å²) in [5.41, 5.74) is -0.856. The van der Waals surface area contributed by atoms with Gasteiger partial charge in [0.05, 0.1) is 0 Å². The molecule has 1 heterocycles. The molecule has 0 bridgehead atoms. The third kappa shape index (κ3) is 3.74. The van der Waals surface area contributed by atoms with Crippen molar-refractivity contribution in [1.82, 2.24) is 0 Å². The monoisotopic (exact) mass is 358 g/mol. The fourth-order valence-corrected chi connectivity index (χ4v) is 6.68. The van der Waals surface area contributed by atoms with Crippen LogP contribution < -0.4 is 0 Å². The Hall–Kier alpha value is -0.763. The Labute approximate surface area is 145 Å². The van der Waals surface area contributed by atoms with E-state index in [2.05, 4.69) is 4.74 Å². The predicted molar refractivity (Wildman–Crippen MR) is 90.2 cm³/mol. The first-order valence-electron chi connectivity index (χ1n) is 9.23. The van der Waals surface area contributed by atoms with Gasteiger partial charge in [0.25, 0.3) is 0 Å². The number of ether oxygens (including phenoxy) is 1. The van der Waals surface area contributed by atoms with E-state index in [1.807, 2.05) is 20.8 Å². The van der Waals surface area contributed by atoms with E-state index in [9.17, 15) is 9.59 Å².